The molecule has 0 saturated carbocycles. The molecule has 2 aromatic carbocycles. The first-order chi connectivity index (χ1) is 11.2. The van der Waals surface area contributed by atoms with E-state index in [1.54, 1.807) is 13.8 Å². The van der Waals surface area contributed by atoms with Crippen molar-refractivity contribution < 1.29 is 19.5 Å². The maximum Gasteiger partial charge on any atom is 0.335 e. The van der Waals surface area contributed by atoms with Crippen LogP contribution in [0.1, 0.15) is 47.8 Å². The second kappa shape index (κ2) is 5.19. The third-order valence-corrected chi connectivity index (χ3v) is 4.35. The van der Waals surface area contributed by atoms with Gasteiger partial charge in [0.25, 0.3) is 11.8 Å². The Morgan fingerprint density at radius 1 is 1.00 bits per heavy atom. The monoisotopic (exact) mass is 324 g/mol. The minimum atomic E-state index is -1.15. The fourth-order valence-corrected chi connectivity index (χ4v) is 3.11. The first-order valence-electron chi connectivity index (χ1n) is 7.36. The molecule has 0 spiro atoms. The van der Waals surface area contributed by atoms with Gasteiger partial charge < -0.3 is 10.8 Å². The molecule has 0 aliphatic carbocycles. The summed E-state index contributed by atoms with van der Waals surface area (Å²) in [5, 5.41) is 9.08. The number of amides is 2. The quantitative estimate of drug-likeness (QED) is 0.653. The summed E-state index contributed by atoms with van der Waals surface area (Å²) in [6.45, 7) is 5.43. The molecule has 3 rings (SSSR count). The van der Waals surface area contributed by atoms with Crippen molar-refractivity contribution in [3.05, 3.63) is 57.6 Å². The van der Waals surface area contributed by atoms with Gasteiger partial charge in [0.15, 0.2) is 0 Å². The van der Waals surface area contributed by atoms with Gasteiger partial charge in [0, 0.05) is 5.69 Å². The summed E-state index contributed by atoms with van der Waals surface area (Å²) in [5.41, 5.74) is 9.58. The zero-order valence-corrected chi connectivity index (χ0v) is 13.5. The molecule has 6 heteroatoms. The van der Waals surface area contributed by atoms with Crippen molar-refractivity contribution in [2.75, 3.05) is 10.6 Å². The number of nitrogens with two attached hydrogens (primary N) is 1. The van der Waals surface area contributed by atoms with Crippen LogP contribution < -0.4 is 10.6 Å². The van der Waals surface area contributed by atoms with Crippen molar-refractivity contribution in [3.8, 4) is 0 Å². The SMILES string of the molecule is Cc1cc(C)c(N2C(=O)c3ccc(C(=O)O)cc3C2=O)c(C)c1N. The number of rotatable bonds is 2. The maximum atomic E-state index is 12.8. The Kier molecular flexibility index (Phi) is 3.41. The van der Waals surface area contributed by atoms with Crippen molar-refractivity contribution in [3.63, 3.8) is 0 Å². The van der Waals surface area contributed by atoms with Crippen molar-refractivity contribution in [2.24, 2.45) is 0 Å². The fourth-order valence-electron chi connectivity index (χ4n) is 3.11. The Morgan fingerprint density at radius 3 is 2.25 bits per heavy atom. The predicted octanol–water partition coefficient (Wildman–Crippen LogP) is 2.69. The molecule has 1 heterocycles. The molecule has 0 radical (unpaired) electrons. The van der Waals surface area contributed by atoms with Crippen molar-refractivity contribution in [2.45, 2.75) is 20.8 Å². The first kappa shape index (κ1) is 15.7. The summed E-state index contributed by atoms with van der Waals surface area (Å²) >= 11 is 0. The summed E-state index contributed by atoms with van der Waals surface area (Å²) in [4.78, 5) is 37.6. The Morgan fingerprint density at radius 2 is 1.62 bits per heavy atom. The lowest BCUT2D eigenvalue weighted by atomic mass is 10.0. The Hall–Kier alpha value is -3.15. The number of carboxylic acid groups (broad SMARTS) is 1. The number of carboxylic acids is 1. The highest BCUT2D eigenvalue weighted by Gasteiger charge is 2.38. The molecular formula is C18H16N2O4. The number of hydrogen-bond acceptors (Lipinski definition) is 4. The van der Waals surface area contributed by atoms with Gasteiger partial charge in [-0.3, -0.25) is 9.59 Å². The van der Waals surface area contributed by atoms with Gasteiger partial charge in [-0.1, -0.05) is 6.07 Å². The van der Waals surface area contributed by atoms with Crippen LogP contribution >= 0.6 is 0 Å². The van der Waals surface area contributed by atoms with E-state index >= 15 is 0 Å². The fraction of sp³-hybridized carbons (Fsp3) is 0.167. The standard InChI is InChI=1S/C18H16N2O4/c1-8-6-9(2)15(10(3)14(8)19)20-16(21)12-5-4-11(18(23)24)7-13(12)17(20)22/h4-7H,19H2,1-3H3,(H,23,24). The first-order valence-corrected chi connectivity index (χ1v) is 7.36. The van der Waals surface area contributed by atoms with Crippen LogP contribution in [-0.4, -0.2) is 22.9 Å². The molecule has 3 N–H and O–H groups in total. The molecule has 6 nitrogen and oxygen atoms in total. The minimum Gasteiger partial charge on any atom is -0.478 e. The van der Waals surface area contributed by atoms with Gasteiger partial charge >= 0.3 is 5.97 Å². The number of imide groups is 1. The maximum absolute atomic E-state index is 12.8. The second-order valence-corrected chi connectivity index (χ2v) is 5.91. The van der Waals surface area contributed by atoms with Crippen LogP contribution in [0.2, 0.25) is 0 Å². The molecule has 0 aromatic heterocycles. The molecule has 1 aliphatic heterocycles. The number of nitrogens with zero attached hydrogens (tertiary/aromatic N) is 1. The van der Waals surface area contributed by atoms with E-state index < -0.39 is 17.8 Å². The third kappa shape index (κ3) is 2.07. The van der Waals surface area contributed by atoms with Crippen LogP contribution in [-0.2, 0) is 0 Å². The number of hydrogen-bond donors (Lipinski definition) is 2. The van der Waals surface area contributed by atoms with E-state index in [0.29, 0.717) is 16.9 Å². The number of aryl methyl sites for hydroxylation is 2. The lowest BCUT2D eigenvalue weighted by Crippen LogP contribution is -2.31. The summed E-state index contributed by atoms with van der Waals surface area (Å²) in [6, 6.07) is 5.75. The van der Waals surface area contributed by atoms with Gasteiger partial charge in [-0.05, 0) is 55.7 Å². The Balaban J connectivity index is 2.19. The molecule has 0 fully saturated rings. The predicted molar refractivity (Wildman–Crippen MR) is 89.6 cm³/mol. The lowest BCUT2D eigenvalue weighted by molar-refractivity contribution is 0.0696. The van der Waals surface area contributed by atoms with Crippen LogP contribution in [0.4, 0.5) is 11.4 Å². The van der Waals surface area contributed by atoms with Crippen LogP contribution in [0.15, 0.2) is 24.3 Å². The molecule has 0 bridgehead atoms. The normalized spacial score (nSPS) is 13.4. The number of anilines is 2. The molecule has 0 unspecified atom stereocenters. The topological polar surface area (TPSA) is 101 Å². The molecule has 24 heavy (non-hydrogen) atoms. The number of aromatic carboxylic acids is 1. The molecule has 2 aromatic rings. The molecule has 1 aliphatic rings. The van der Waals surface area contributed by atoms with Crippen molar-refractivity contribution in [1.82, 2.24) is 0 Å². The van der Waals surface area contributed by atoms with Gasteiger partial charge in [0.05, 0.1) is 22.4 Å². The van der Waals surface area contributed by atoms with E-state index in [4.69, 9.17) is 10.8 Å². The Bertz CT molecular complexity index is 931. The smallest absolute Gasteiger partial charge is 0.335 e. The highest BCUT2D eigenvalue weighted by Crippen LogP contribution is 2.36. The van der Waals surface area contributed by atoms with E-state index in [1.165, 1.54) is 18.2 Å². The average Bonchev–Trinajstić information content (AvgIpc) is 2.77. The van der Waals surface area contributed by atoms with Gasteiger partial charge in [0.1, 0.15) is 0 Å². The largest absolute Gasteiger partial charge is 0.478 e. The van der Waals surface area contributed by atoms with Crippen molar-refractivity contribution >= 4 is 29.2 Å². The van der Waals surface area contributed by atoms with Gasteiger partial charge in [-0.15, -0.1) is 0 Å². The van der Waals surface area contributed by atoms with Crippen molar-refractivity contribution in [1.29, 1.82) is 0 Å². The number of nitrogen functional groups attached to an aromatic ring is 1. The molecule has 122 valence electrons. The number of benzene rings is 2. The molecule has 0 saturated heterocycles. The summed E-state index contributed by atoms with van der Waals surface area (Å²) in [6.07, 6.45) is 0. The van der Waals surface area contributed by atoms with Crippen LogP contribution in [0.25, 0.3) is 0 Å². The van der Waals surface area contributed by atoms with E-state index in [-0.39, 0.29) is 16.7 Å². The van der Waals surface area contributed by atoms with E-state index in [1.807, 2.05) is 13.0 Å². The van der Waals surface area contributed by atoms with Crippen LogP contribution in [0.3, 0.4) is 0 Å². The van der Waals surface area contributed by atoms with E-state index in [2.05, 4.69) is 0 Å². The average molecular weight is 324 g/mol. The van der Waals surface area contributed by atoms with E-state index in [9.17, 15) is 14.4 Å². The summed E-state index contributed by atoms with van der Waals surface area (Å²) in [5.74, 6) is -2.16. The number of fused-ring (bicyclic) bond motifs is 1. The summed E-state index contributed by atoms with van der Waals surface area (Å²) in [7, 11) is 0. The van der Waals surface area contributed by atoms with Gasteiger partial charge in [0.2, 0.25) is 0 Å². The highest BCUT2D eigenvalue weighted by molar-refractivity contribution is 6.35. The number of carbonyl (C=O) groups excluding carboxylic acids is 2. The Labute approximate surface area is 138 Å². The van der Waals surface area contributed by atoms with Crippen LogP contribution in [0, 0.1) is 20.8 Å². The van der Waals surface area contributed by atoms with Gasteiger partial charge in [-0.2, -0.15) is 0 Å². The van der Waals surface area contributed by atoms with Crippen LogP contribution in [0.5, 0.6) is 0 Å². The highest BCUT2D eigenvalue weighted by atomic mass is 16.4. The second-order valence-electron chi connectivity index (χ2n) is 5.91. The molecular weight excluding hydrogens is 308 g/mol. The lowest BCUT2D eigenvalue weighted by Gasteiger charge is -2.21. The van der Waals surface area contributed by atoms with Gasteiger partial charge in [-0.25, -0.2) is 9.69 Å². The molecule has 2 amide bonds. The zero-order chi connectivity index (χ0) is 17.8. The summed E-state index contributed by atoms with van der Waals surface area (Å²) < 4.78 is 0. The molecule has 0 atom stereocenters. The minimum absolute atomic E-state index is 0.0337. The van der Waals surface area contributed by atoms with E-state index in [0.717, 1.165) is 16.0 Å². The number of carbonyl (C=O) groups is 3. The third-order valence-electron chi connectivity index (χ3n) is 4.35. The zero-order valence-electron chi connectivity index (χ0n) is 13.5.